The minimum absolute atomic E-state index is 0.932. The van der Waals surface area contributed by atoms with Crippen molar-refractivity contribution in [3.05, 3.63) is 231 Å². The number of nitrogens with zero attached hydrogens (tertiary/aromatic N) is 4. The molecule has 13 rings (SSSR count). The summed E-state index contributed by atoms with van der Waals surface area (Å²) in [6.45, 7) is 0. The largest absolute Gasteiger partial charge is 0.309 e. The van der Waals surface area contributed by atoms with Crippen LogP contribution < -0.4 is 0 Å². The van der Waals surface area contributed by atoms with Gasteiger partial charge >= 0.3 is 0 Å². The molecule has 0 unspecified atom stereocenters. The Morgan fingerprint density at radius 3 is 1.53 bits per heavy atom. The van der Waals surface area contributed by atoms with Crippen molar-refractivity contribution in [2.45, 2.75) is 0 Å². The zero-order valence-electron chi connectivity index (χ0n) is 34.7. The van der Waals surface area contributed by atoms with Crippen molar-refractivity contribution < 1.29 is 0 Å². The summed E-state index contributed by atoms with van der Waals surface area (Å²) in [5.41, 5.74) is 17.8. The third kappa shape index (κ3) is 5.77. The van der Waals surface area contributed by atoms with Crippen LogP contribution in [-0.2, 0) is 0 Å². The molecule has 0 fully saturated rings. The summed E-state index contributed by atoms with van der Waals surface area (Å²) in [4.78, 5) is 10.3. The number of hydrogen-bond donors (Lipinski definition) is 0. The van der Waals surface area contributed by atoms with Crippen LogP contribution in [0.2, 0.25) is 0 Å². The first-order valence-electron chi connectivity index (χ1n) is 21.8. The molecule has 0 radical (unpaired) electrons. The second-order valence-electron chi connectivity index (χ2n) is 16.6. The smallest absolute Gasteiger partial charge is 0.0780 e. The molecular formula is C60H38N4. The fourth-order valence-corrected chi connectivity index (χ4v) is 9.98. The number of fused-ring (bicyclic) bond motifs is 8. The maximum Gasteiger partial charge on any atom is 0.0780 e. The molecule has 0 aliphatic rings. The van der Waals surface area contributed by atoms with E-state index in [1.165, 1.54) is 43.6 Å². The Morgan fingerprint density at radius 1 is 0.312 bits per heavy atom. The van der Waals surface area contributed by atoms with E-state index in [1.807, 2.05) is 12.3 Å². The van der Waals surface area contributed by atoms with Crippen molar-refractivity contribution in [3.8, 4) is 56.0 Å². The normalized spacial score (nSPS) is 11.8. The van der Waals surface area contributed by atoms with Crippen molar-refractivity contribution in [3.63, 3.8) is 0 Å². The molecule has 4 heteroatoms. The number of para-hydroxylation sites is 5. The van der Waals surface area contributed by atoms with E-state index >= 15 is 0 Å². The molecule has 4 nitrogen and oxygen atoms in total. The summed E-state index contributed by atoms with van der Waals surface area (Å²) < 4.78 is 4.73. The molecule has 0 amide bonds. The topological polar surface area (TPSA) is 35.6 Å². The third-order valence-electron chi connectivity index (χ3n) is 12.9. The van der Waals surface area contributed by atoms with Gasteiger partial charge in [-0.1, -0.05) is 133 Å². The van der Waals surface area contributed by atoms with Gasteiger partial charge in [-0.3, -0.25) is 4.98 Å². The van der Waals surface area contributed by atoms with E-state index in [1.54, 1.807) is 0 Å². The first kappa shape index (κ1) is 36.1. The lowest BCUT2D eigenvalue weighted by atomic mass is 9.92. The molecule has 0 bridgehead atoms. The van der Waals surface area contributed by atoms with Crippen LogP contribution in [0.1, 0.15) is 0 Å². The maximum atomic E-state index is 5.45. The maximum absolute atomic E-state index is 5.45. The fourth-order valence-electron chi connectivity index (χ4n) is 9.98. The van der Waals surface area contributed by atoms with Crippen LogP contribution in [0.3, 0.4) is 0 Å². The van der Waals surface area contributed by atoms with Gasteiger partial charge in [0.05, 0.1) is 38.8 Å². The molecule has 0 aliphatic heterocycles. The second-order valence-corrected chi connectivity index (χ2v) is 16.6. The fraction of sp³-hybridized carbons (Fsp3) is 0. The van der Waals surface area contributed by atoms with Crippen LogP contribution in [0.25, 0.3) is 121 Å². The van der Waals surface area contributed by atoms with Gasteiger partial charge in [0, 0.05) is 61.0 Å². The van der Waals surface area contributed by atoms with Crippen LogP contribution in [0, 0.1) is 0 Å². The lowest BCUT2D eigenvalue weighted by Crippen LogP contribution is -1.94. The first-order chi connectivity index (χ1) is 31.7. The zero-order chi connectivity index (χ0) is 42.1. The van der Waals surface area contributed by atoms with Crippen molar-refractivity contribution in [1.29, 1.82) is 0 Å². The number of hydrogen-bond acceptors (Lipinski definition) is 2. The number of benzene rings is 9. The Morgan fingerprint density at radius 2 is 0.844 bits per heavy atom. The van der Waals surface area contributed by atoms with Crippen molar-refractivity contribution in [2.75, 3.05) is 0 Å². The summed E-state index contributed by atoms with van der Waals surface area (Å²) >= 11 is 0. The summed E-state index contributed by atoms with van der Waals surface area (Å²) in [7, 11) is 0. The van der Waals surface area contributed by atoms with Gasteiger partial charge in [-0.05, 0) is 119 Å². The molecule has 0 spiro atoms. The molecule has 64 heavy (non-hydrogen) atoms. The van der Waals surface area contributed by atoms with Crippen LogP contribution in [-0.4, -0.2) is 19.1 Å². The molecular weight excluding hydrogens is 777 g/mol. The Bertz CT molecular complexity index is 3950. The van der Waals surface area contributed by atoms with Crippen LogP contribution >= 0.6 is 0 Å². The SMILES string of the molecule is c1ccc(-n2c3ccccc3c3cc(-c4ccc5nc(-c6ccc7c(c6)c6ccccc6n7-c6ccccc6)cc(-c6cccc(-c7cccc8cccnc78)c6)c5c4)ccc32)cc1. The molecule has 298 valence electrons. The number of aromatic nitrogens is 4. The average Bonchev–Trinajstić information content (AvgIpc) is 3.88. The molecule has 0 atom stereocenters. The highest BCUT2D eigenvalue weighted by molar-refractivity contribution is 6.12. The summed E-state index contributed by atoms with van der Waals surface area (Å²) in [5.74, 6) is 0. The molecule has 4 aromatic heterocycles. The van der Waals surface area contributed by atoms with Gasteiger partial charge in [0.1, 0.15) is 0 Å². The Kier molecular flexibility index (Phi) is 8.18. The van der Waals surface area contributed by atoms with Crippen LogP contribution in [0.5, 0.6) is 0 Å². The first-order valence-corrected chi connectivity index (χ1v) is 21.8. The predicted octanol–water partition coefficient (Wildman–Crippen LogP) is 15.6. The highest BCUT2D eigenvalue weighted by Gasteiger charge is 2.18. The van der Waals surface area contributed by atoms with Crippen molar-refractivity contribution in [2.24, 2.45) is 0 Å². The lowest BCUT2D eigenvalue weighted by Gasteiger charge is -2.14. The molecule has 0 saturated heterocycles. The van der Waals surface area contributed by atoms with E-state index < -0.39 is 0 Å². The van der Waals surface area contributed by atoms with Gasteiger partial charge in [0.2, 0.25) is 0 Å². The summed E-state index contributed by atoms with van der Waals surface area (Å²) in [5, 5.41) is 7.10. The predicted molar refractivity (Wildman–Crippen MR) is 267 cm³/mol. The zero-order valence-corrected chi connectivity index (χ0v) is 34.7. The van der Waals surface area contributed by atoms with Crippen LogP contribution in [0.4, 0.5) is 0 Å². The van der Waals surface area contributed by atoms with E-state index in [9.17, 15) is 0 Å². The van der Waals surface area contributed by atoms with Gasteiger partial charge in [0.15, 0.2) is 0 Å². The minimum Gasteiger partial charge on any atom is -0.309 e. The molecule has 0 saturated carbocycles. The number of pyridine rings is 2. The minimum atomic E-state index is 0.932. The number of rotatable bonds is 6. The summed E-state index contributed by atoms with van der Waals surface area (Å²) in [6.07, 6.45) is 1.88. The van der Waals surface area contributed by atoms with E-state index in [-0.39, 0.29) is 0 Å². The van der Waals surface area contributed by atoms with Crippen LogP contribution in [0.15, 0.2) is 231 Å². The second kappa shape index (κ2) is 14.5. The van der Waals surface area contributed by atoms with E-state index in [2.05, 4.69) is 228 Å². The molecule has 9 aromatic carbocycles. The van der Waals surface area contributed by atoms with E-state index in [4.69, 9.17) is 9.97 Å². The average molecular weight is 815 g/mol. The highest BCUT2D eigenvalue weighted by atomic mass is 15.0. The standard InChI is InChI=1S/C60H38N4/c1-3-18-45(19-4-1)63-56-25-9-7-22-48(56)52-36-41(28-31-58(52)63)40-27-30-54-51(35-40)50(43-16-11-15-42(34-43)47-24-12-14-39-17-13-33-61-60(39)47)38-55(62-54)44-29-32-59-53(37-44)49-23-8-10-26-57(49)64(59)46-20-5-2-6-21-46/h1-38H. The Hall–Kier alpha value is -8.60. The Labute approximate surface area is 369 Å². The van der Waals surface area contributed by atoms with E-state index in [0.29, 0.717) is 0 Å². The Balaban J connectivity index is 1.01. The highest BCUT2D eigenvalue weighted by Crippen LogP contribution is 2.41. The van der Waals surface area contributed by atoms with Crippen molar-refractivity contribution in [1.82, 2.24) is 19.1 Å². The van der Waals surface area contributed by atoms with Crippen molar-refractivity contribution >= 4 is 65.4 Å². The van der Waals surface area contributed by atoms with Gasteiger partial charge in [-0.15, -0.1) is 0 Å². The molecule has 13 aromatic rings. The van der Waals surface area contributed by atoms with Gasteiger partial charge in [-0.25, -0.2) is 4.98 Å². The molecule has 0 N–H and O–H groups in total. The van der Waals surface area contributed by atoms with E-state index in [0.717, 1.165) is 77.8 Å². The summed E-state index contributed by atoms with van der Waals surface area (Å²) in [6, 6.07) is 80.9. The molecule has 4 heterocycles. The quantitative estimate of drug-likeness (QED) is 0.168. The van der Waals surface area contributed by atoms with Gasteiger partial charge < -0.3 is 9.13 Å². The van der Waals surface area contributed by atoms with Gasteiger partial charge in [-0.2, -0.15) is 0 Å². The van der Waals surface area contributed by atoms with Gasteiger partial charge in [0.25, 0.3) is 0 Å². The lowest BCUT2D eigenvalue weighted by molar-refractivity contribution is 1.18. The molecule has 0 aliphatic carbocycles. The third-order valence-corrected chi connectivity index (χ3v) is 12.9. The monoisotopic (exact) mass is 814 g/mol.